The fraction of sp³-hybridized carbons (Fsp3) is 0.571. The second kappa shape index (κ2) is 5.30. The fourth-order valence-corrected chi connectivity index (χ4v) is 4.51. The van der Waals surface area contributed by atoms with Crippen molar-refractivity contribution < 1.29 is 8.42 Å². The summed E-state index contributed by atoms with van der Waals surface area (Å²) >= 11 is 6.25. The molecule has 20 heavy (non-hydrogen) atoms. The highest BCUT2D eigenvalue weighted by Crippen LogP contribution is 2.40. The molecule has 0 amide bonds. The Labute approximate surface area is 125 Å². The maximum Gasteiger partial charge on any atom is 0.208 e. The minimum absolute atomic E-state index is 0.0354. The molecule has 4 nitrogen and oxygen atoms in total. The summed E-state index contributed by atoms with van der Waals surface area (Å²) in [6.07, 6.45) is 4.19. The first kappa shape index (κ1) is 14.3. The maximum absolute atomic E-state index is 11.3. The standard InChI is InChI=1S/C14H19ClN2O2S/c1-20(18,19)16-10-7-8-17(9-10)14-6-5-11-12(14)3-2-4-13(11)15/h2-4,10,14,16H,5-9H2,1H3/t10-,14+/m1/s1. The van der Waals surface area contributed by atoms with Crippen molar-refractivity contribution in [3.05, 3.63) is 34.3 Å². The topological polar surface area (TPSA) is 49.4 Å². The van der Waals surface area contributed by atoms with Gasteiger partial charge in [0.2, 0.25) is 10.0 Å². The summed E-state index contributed by atoms with van der Waals surface area (Å²) in [7, 11) is -3.12. The molecule has 1 aromatic rings. The number of nitrogens with one attached hydrogen (secondary N) is 1. The van der Waals surface area contributed by atoms with Gasteiger partial charge in [0.15, 0.2) is 0 Å². The minimum Gasteiger partial charge on any atom is -0.295 e. The van der Waals surface area contributed by atoms with Crippen LogP contribution in [0.3, 0.4) is 0 Å². The number of hydrogen-bond donors (Lipinski definition) is 1. The molecule has 0 unspecified atom stereocenters. The van der Waals surface area contributed by atoms with Gasteiger partial charge in [-0.15, -0.1) is 0 Å². The van der Waals surface area contributed by atoms with Crippen LogP contribution in [-0.4, -0.2) is 38.7 Å². The first-order chi connectivity index (χ1) is 9.44. The first-order valence-corrected chi connectivity index (χ1v) is 9.19. The average molecular weight is 315 g/mol. The van der Waals surface area contributed by atoms with E-state index in [1.165, 1.54) is 17.4 Å². The lowest BCUT2D eigenvalue weighted by atomic mass is 10.1. The van der Waals surface area contributed by atoms with E-state index in [4.69, 9.17) is 11.6 Å². The quantitative estimate of drug-likeness (QED) is 0.927. The monoisotopic (exact) mass is 314 g/mol. The third-order valence-corrected chi connectivity index (χ3v) is 5.34. The fourth-order valence-electron chi connectivity index (χ4n) is 3.44. The van der Waals surface area contributed by atoms with Gasteiger partial charge in [-0.1, -0.05) is 23.7 Å². The predicted molar refractivity (Wildman–Crippen MR) is 80.5 cm³/mol. The van der Waals surface area contributed by atoms with Crippen molar-refractivity contribution in [1.82, 2.24) is 9.62 Å². The first-order valence-electron chi connectivity index (χ1n) is 6.93. The molecule has 1 fully saturated rings. The Morgan fingerprint density at radius 3 is 2.90 bits per heavy atom. The normalized spacial score (nSPS) is 26.9. The van der Waals surface area contributed by atoms with Gasteiger partial charge in [0.25, 0.3) is 0 Å². The summed E-state index contributed by atoms with van der Waals surface area (Å²) in [5.74, 6) is 0. The van der Waals surface area contributed by atoms with Crippen molar-refractivity contribution in [3.8, 4) is 0 Å². The average Bonchev–Trinajstić information content (AvgIpc) is 2.93. The highest BCUT2D eigenvalue weighted by Gasteiger charge is 2.34. The molecule has 1 N–H and O–H groups in total. The zero-order chi connectivity index (χ0) is 14.3. The van der Waals surface area contributed by atoms with E-state index < -0.39 is 10.0 Å². The summed E-state index contributed by atoms with van der Waals surface area (Å²) in [5, 5.41) is 0.856. The molecule has 2 atom stereocenters. The number of likely N-dealkylation sites (tertiary alicyclic amines) is 1. The van der Waals surface area contributed by atoms with Crippen LogP contribution in [-0.2, 0) is 16.4 Å². The molecular weight excluding hydrogens is 296 g/mol. The van der Waals surface area contributed by atoms with Crippen LogP contribution < -0.4 is 4.72 Å². The maximum atomic E-state index is 11.3. The summed E-state index contributed by atoms with van der Waals surface area (Å²) in [4.78, 5) is 2.38. The minimum atomic E-state index is -3.12. The summed E-state index contributed by atoms with van der Waals surface area (Å²) in [6, 6.07) is 6.52. The van der Waals surface area contributed by atoms with Crippen LogP contribution in [0, 0.1) is 0 Å². The Bertz CT molecular complexity index is 618. The molecule has 1 aliphatic carbocycles. The van der Waals surface area contributed by atoms with Crippen LogP contribution in [0.1, 0.15) is 30.0 Å². The molecule has 0 radical (unpaired) electrons. The number of nitrogens with zero attached hydrogens (tertiary/aromatic N) is 1. The van der Waals surface area contributed by atoms with Crippen LogP contribution in [0.25, 0.3) is 0 Å². The zero-order valence-electron chi connectivity index (χ0n) is 11.5. The Morgan fingerprint density at radius 2 is 2.15 bits per heavy atom. The number of halogens is 1. The van der Waals surface area contributed by atoms with Crippen LogP contribution in [0.5, 0.6) is 0 Å². The lowest BCUT2D eigenvalue weighted by molar-refractivity contribution is 0.241. The van der Waals surface area contributed by atoms with Gasteiger partial charge in [0.1, 0.15) is 0 Å². The van der Waals surface area contributed by atoms with E-state index in [0.29, 0.717) is 6.04 Å². The summed E-state index contributed by atoms with van der Waals surface area (Å²) in [5.41, 5.74) is 2.58. The molecule has 1 saturated heterocycles. The van der Waals surface area contributed by atoms with Crippen LogP contribution in [0.2, 0.25) is 5.02 Å². The molecule has 0 spiro atoms. The number of fused-ring (bicyclic) bond motifs is 1. The molecule has 0 bridgehead atoms. The van der Waals surface area contributed by atoms with Crippen LogP contribution in [0.15, 0.2) is 18.2 Å². The summed E-state index contributed by atoms with van der Waals surface area (Å²) in [6.45, 7) is 1.72. The third-order valence-electron chi connectivity index (χ3n) is 4.22. The van der Waals surface area contributed by atoms with Crippen molar-refractivity contribution in [1.29, 1.82) is 0 Å². The highest BCUT2D eigenvalue weighted by molar-refractivity contribution is 7.88. The third kappa shape index (κ3) is 2.86. The molecule has 2 aliphatic rings. The van der Waals surface area contributed by atoms with Crippen molar-refractivity contribution in [2.24, 2.45) is 0 Å². The molecule has 1 aromatic carbocycles. The molecule has 1 heterocycles. The van der Waals surface area contributed by atoms with E-state index >= 15 is 0 Å². The molecule has 110 valence electrons. The molecule has 0 saturated carbocycles. The van der Waals surface area contributed by atoms with E-state index in [1.54, 1.807) is 0 Å². The van der Waals surface area contributed by atoms with Crippen LogP contribution >= 0.6 is 11.6 Å². The van der Waals surface area contributed by atoms with Gasteiger partial charge in [0.05, 0.1) is 6.26 Å². The largest absolute Gasteiger partial charge is 0.295 e. The van der Waals surface area contributed by atoms with E-state index in [1.807, 2.05) is 12.1 Å². The predicted octanol–water partition coefficient (Wildman–Crippen LogP) is 1.95. The smallest absolute Gasteiger partial charge is 0.208 e. The SMILES string of the molecule is CS(=O)(=O)N[C@@H]1CCN([C@H]2CCc3c(Cl)cccc32)C1. The van der Waals surface area contributed by atoms with Gasteiger partial charge in [-0.05, 0) is 36.5 Å². The van der Waals surface area contributed by atoms with Gasteiger partial charge >= 0.3 is 0 Å². The van der Waals surface area contributed by atoms with Gasteiger partial charge in [0, 0.05) is 30.2 Å². The summed E-state index contributed by atoms with van der Waals surface area (Å²) < 4.78 is 25.3. The van der Waals surface area contributed by atoms with Crippen molar-refractivity contribution >= 4 is 21.6 Å². The number of rotatable bonds is 3. The Morgan fingerprint density at radius 1 is 1.35 bits per heavy atom. The Kier molecular flexibility index (Phi) is 3.79. The lowest BCUT2D eigenvalue weighted by Crippen LogP contribution is -2.36. The molecule has 6 heteroatoms. The van der Waals surface area contributed by atoms with Crippen LogP contribution in [0.4, 0.5) is 0 Å². The Balaban J connectivity index is 1.73. The molecule has 1 aliphatic heterocycles. The zero-order valence-corrected chi connectivity index (χ0v) is 13.0. The van der Waals surface area contributed by atoms with Gasteiger partial charge in [-0.3, -0.25) is 4.90 Å². The second-order valence-electron chi connectivity index (χ2n) is 5.73. The van der Waals surface area contributed by atoms with Crippen molar-refractivity contribution in [2.45, 2.75) is 31.3 Å². The number of sulfonamides is 1. The lowest BCUT2D eigenvalue weighted by Gasteiger charge is -2.25. The van der Waals surface area contributed by atoms with E-state index in [2.05, 4.69) is 15.7 Å². The molecule has 3 rings (SSSR count). The van der Waals surface area contributed by atoms with Gasteiger partial charge in [-0.25, -0.2) is 13.1 Å². The highest BCUT2D eigenvalue weighted by atomic mass is 35.5. The number of hydrogen-bond acceptors (Lipinski definition) is 3. The van der Waals surface area contributed by atoms with E-state index in [-0.39, 0.29) is 6.04 Å². The van der Waals surface area contributed by atoms with E-state index in [9.17, 15) is 8.42 Å². The van der Waals surface area contributed by atoms with E-state index in [0.717, 1.165) is 37.4 Å². The van der Waals surface area contributed by atoms with Crippen molar-refractivity contribution in [3.63, 3.8) is 0 Å². The van der Waals surface area contributed by atoms with Crippen molar-refractivity contribution in [2.75, 3.05) is 19.3 Å². The van der Waals surface area contributed by atoms with Gasteiger partial charge < -0.3 is 0 Å². The molecular formula is C14H19ClN2O2S. The van der Waals surface area contributed by atoms with Gasteiger partial charge in [-0.2, -0.15) is 0 Å². The number of benzene rings is 1. The Hall–Kier alpha value is -0.620. The molecule has 0 aromatic heterocycles. The second-order valence-corrected chi connectivity index (χ2v) is 7.92.